The van der Waals surface area contributed by atoms with Crippen LogP contribution < -0.4 is 0 Å². The van der Waals surface area contributed by atoms with Crippen molar-refractivity contribution in [2.45, 2.75) is 12.5 Å². The lowest BCUT2D eigenvalue weighted by atomic mass is 10.1. The van der Waals surface area contributed by atoms with Crippen molar-refractivity contribution in [1.29, 1.82) is 0 Å². The second-order valence-corrected chi connectivity index (χ2v) is 3.30. The number of rotatable bonds is 2. The van der Waals surface area contributed by atoms with Crippen LogP contribution in [0.15, 0.2) is 17.5 Å². The van der Waals surface area contributed by atoms with E-state index < -0.39 is 11.6 Å². The monoisotopic (exact) mass is 172 g/mol. The fraction of sp³-hybridized carbons (Fsp3) is 0.286. The van der Waals surface area contributed by atoms with Gasteiger partial charge in [0.15, 0.2) is 5.60 Å². The third-order valence-corrected chi connectivity index (χ3v) is 2.50. The number of aliphatic hydroxyl groups is 1. The molecule has 0 spiro atoms. The molecule has 0 bridgehead atoms. The van der Waals surface area contributed by atoms with E-state index in [1.165, 1.54) is 18.3 Å². The lowest BCUT2D eigenvalue weighted by Crippen LogP contribution is -2.30. The molecule has 0 amide bonds. The van der Waals surface area contributed by atoms with Crippen molar-refractivity contribution in [2.75, 3.05) is 0 Å². The van der Waals surface area contributed by atoms with Gasteiger partial charge in [0.2, 0.25) is 0 Å². The maximum atomic E-state index is 10.5. The van der Waals surface area contributed by atoms with Crippen molar-refractivity contribution < 1.29 is 15.0 Å². The number of carboxylic acid groups (broad SMARTS) is 1. The van der Waals surface area contributed by atoms with Crippen molar-refractivity contribution in [2.24, 2.45) is 0 Å². The summed E-state index contributed by atoms with van der Waals surface area (Å²) in [5, 5.41) is 19.7. The van der Waals surface area contributed by atoms with Crippen LogP contribution in [0.5, 0.6) is 0 Å². The Bertz CT molecular complexity index is 251. The average molecular weight is 172 g/mol. The summed E-state index contributed by atoms with van der Waals surface area (Å²) in [6, 6.07) is 3.30. The molecule has 1 heterocycles. The Balaban J connectivity index is 3.00. The molecule has 1 aromatic rings. The molecule has 1 atom stereocenters. The van der Waals surface area contributed by atoms with Crippen LogP contribution >= 0.6 is 11.3 Å². The molecule has 4 heteroatoms. The van der Waals surface area contributed by atoms with Crippen LogP contribution in [0.1, 0.15) is 11.8 Å². The number of aliphatic carboxylic acids is 1. The van der Waals surface area contributed by atoms with Gasteiger partial charge < -0.3 is 10.2 Å². The van der Waals surface area contributed by atoms with Crippen molar-refractivity contribution in [3.63, 3.8) is 0 Å². The minimum absolute atomic E-state index is 0.449. The maximum Gasteiger partial charge on any atom is 0.340 e. The van der Waals surface area contributed by atoms with E-state index in [1.807, 2.05) is 0 Å². The topological polar surface area (TPSA) is 57.5 Å². The maximum absolute atomic E-state index is 10.5. The number of thiophene rings is 1. The molecule has 0 saturated heterocycles. The Morgan fingerprint density at radius 2 is 2.36 bits per heavy atom. The molecule has 0 fully saturated rings. The van der Waals surface area contributed by atoms with Crippen molar-refractivity contribution in [3.05, 3.63) is 22.4 Å². The highest BCUT2D eigenvalue weighted by Crippen LogP contribution is 2.24. The summed E-state index contributed by atoms with van der Waals surface area (Å²) < 4.78 is 0. The molecule has 2 N–H and O–H groups in total. The predicted molar refractivity (Wildman–Crippen MR) is 41.5 cm³/mol. The second kappa shape index (κ2) is 2.64. The normalized spacial score (nSPS) is 15.8. The molecule has 1 aromatic heterocycles. The van der Waals surface area contributed by atoms with Crippen LogP contribution in [0.4, 0.5) is 0 Å². The van der Waals surface area contributed by atoms with E-state index >= 15 is 0 Å². The number of hydrogen-bond acceptors (Lipinski definition) is 3. The molecule has 0 radical (unpaired) electrons. The Morgan fingerprint density at radius 3 is 2.73 bits per heavy atom. The summed E-state index contributed by atoms with van der Waals surface area (Å²) in [4.78, 5) is 10.9. The van der Waals surface area contributed by atoms with Crippen LogP contribution in [0.25, 0.3) is 0 Å². The molecule has 11 heavy (non-hydrogen) atoms. The van der Waals surface area contributed by atoms with Gasteiger partial charge >= 0.3 is 5.97 Å². The Labute approximate surface area is 67.9 Å². The highest BCUT2D eigenvalue weighted by atomic mass is 32.1. The fourth-order valence-electron chi connectivity index (χ4n) is 0.661. The highest BCUT2D eigenvalue weighted by Gasteiger charge is 2.32. The van der Waals surface area contributed by atoms with Gasteiger partial charge in [-0.25, -0.2) is 4.79 Å². The molecule has 0 aliphatic rings. The van der Waals surface area contributed by atoms with Gasteiger partial charge in [-0.05, 0) is 18.4 Å². The zero-order valence-corrected chi connectivity index (χ0v) is 6.76. The first kappa shape index (κ1) is 8.23. The van der Waals surface area contributed by atoms with Crippen LogP contribution in [-0.4, -0.2) is 16.2 Å². The van der Waals surface area contributed by atoms with E-state index in [0.29, 0.717) is 4.88 Å². The van der Waals surface area contributed by atoms with Gasteiger partial charge in [0.25, 0.3) is 0 Å². The third kappa shape index (κ3) is 1.41. The summed E-state index contributed by atoms with van der Waals surface area (Å²) in [6.45, 7) is 1.27. The molecule has 0 aromatic carbocycles. The van der Waals surface area contributed by atoms with Crippen LogP contribution in [0.3, 0.4) is 0 Å². The smallest absolute Gasteiger partial charge is 0.340 e. The standard InChI is InChI=1S/C7H8O3S/c1-7(10,6(8)9)5-3-2-4-11-5/h2-4,10H,1H3,(H,8,9)/t7-/m1/s1. The highest BCUT2D eigenvalue weighted by molar-refractivity contribution is 7.10. The van der Waals surface area contributed by atoms with E-state index in [1.54, 1.807) is 17.5 Å². The van der Waals surface area contributed by atoms with Crippen molar-refractivity contribution >= 4 is 17.3 Å². The van der Waals surface area contributed by atoms with Crippen molar-refractivity contribution in [1.82, 2.24) is 0 Å². The lowest BCUT2D eigenvalue weighted by Gasteiger charge is -2.14. The lowest BCUT2D eigenvalue weighted by molar-refractivity contribution is -0.157. The summed E-state index contributed by atoms with van der Waals surface area (Å²) in [5.74, 6) is -1.22. The number of hydrogen-bond donors (Lipinski definition) is 2. The quantitative estimate of drug-likeness (QED) is 0.700. The summed E-state index contributed by atoms with van der Waals surface area (Å²) in [5.41, 5.74) is -1.74. The number of carbonyl (C=O) groups is 1. The molecule has 0 saturated carbocycles. The Morgan fingerprint density at radius 1 is 1.73 bits per heavy atom. The Kier molecular flexibility index (Phi) is 1.97. The summed E-state index contributed by atoms with van der Waals surface area (Å²) >= 11 is 1.23. The minimum Gasteiger partial charge on any atom is -0.479 e. The van der Waals surface area contributed by atoms with Crippen LogP contribution in [0, 0.1) is 0 Å². The van der Waals surface area contributed by atoms with Gasteiger partial charge in [-0.3, -0.25) is 0 Å². The van der Waals surface area contributed by atoms with Gasteiger partial charge in [-0.2, -0.15) is 0 Å². The van der Waals surface area contributed by atoms with E-state index in [9.17, 15) is 9.90 Å². The van der Waals surface area contributed by atoms with Crippen molar-refractivity contribution in [3.8, 4) is 0 Å². The van der Waals surface area contributed by atoms with Gasteiger partial charge in [0.05, 0.1) is 0 Å². The third-order valence-electron chi connectivity index (χ3n) is 1.42. The number of carboxylic acids is 1. The average Bonchev–Trinajstić information content (AvgIpc) is 2.37. The van der Waals surface area contributed by atoms with Gasteiger partial charge in [-0.1, -0.05) is 6.07 Å². The van der Waals surface area contributed by atoms with Gasteiger partial charge in [0.1, 0.15) is 0 Å². The van der Waals surface area contributed by atoms with Gasteiger partial charge in [0, 0.05) is 4.88 Å². The van der Waals surface area contributed by atoms with E-state index in [0.717, 1.165) is 0 Å². The predicted octanol–water partition coefficient (Wildman–Crippen LogP) is 1.04. The zero-order valence-electron chi connectivity index (χ0n) is 5.94. The Hall–Kier alpha value is -0.870. The fourth-order valence-corrected chi connectivity index (χ4v) is 1.44. The zero-order chi connectivity index (χ0) is 8.48. The van der Waals surface area contributed by atoms with Gasteiger partial charge in [-0.15, -0.1) is 11.3 Å². The summed E-state index contributed by atoms with van der Waals surface area (Å²) in [6.07, 6.45) is 0. The molecular weight excluding hydrogens is 164 g/mol. The molecule has 60 valence electrons. The van der Waals surface area contributed by atoms with Crippen LogP contribution in [0.2, 0.25) is 0 Å². The van der Waals surface area contributed by atoms with Crippen LogP contribution in [-0.2, 0) is 10.4 Å². The SMILES string of the molecule is C[C@](O)(C(=O)O)c1cccs1. The largest absolute Gasteiger partial charge is 0.479 e. The molecular formula is C7H8O3S. The van der Waals surface area contributed by atoms with E-state index in [-0.39, 0.29) is 0 Å². The molecule has 3 nitrogen and oxygen atoms in total. The molecule has 0 unspecified atom stereocenters. The minimum atomic E-state index is -1.74. The first-order chi connectivity index (χ1) is 5.05. The first-order valence-electron chi connectivity index (χ1n) is 3.05. The molecule has 0 aliphatic heterocycles. The van der Waals surface area contributed by atoms with E-state index in [4.69, 9.17) is 5.11 Å². The first-order valence-corrected chi connectivity index (χ1v) is 3.93. The summed E-state index contributed by atoms with van der Waals surface area (Å²) in [7, 11) is 0. The molecule has 0 aliphatic carbocycles. The second-order valence-electron chi connectivity index (χ2n) is 2.35. The van der Waals surface area contributed by atoms with E-state index in [2.05, 4.69) is 0 Å². The molecule has 1 rings (SSSR count).